The fraction of sp³-hybridized carbons (Fsp3) is 0.667. The van der Waals surface area contributed by atoms with Crippen molar-refractivity contribution in [1.82, 2.24) is 10.2 Å². The minimum atomic E-state index is 0. The number of rotatable bonds is 9. The van der Waals surface area contributed by atoms with Gasteiger partial charge in [-0.2, -0.15) is 0 Å². The molecular formula is C21H37IN4O3. The standard InChI is InChI=1S/C21H36N4O3.HI/c1-6-22-21(23-15-18(16(3)4)25-10-12-27-13-11-25)24-17-8-9-19(28-7-2)20(14-17)26-5;/h8-9,14,16,18H,6-7,10-13,15H2,1-5H3,(H2,22,23,24);1H. The molecule has 2 N–H and O–H groups in total. The Kier molecular flexibility index (Phi) is 12.3. The molecule has 1 aliphatic heterocycles. The lowest BCUT2D eigenvalue weighted by atomic mass is 10.0. The molecule has 2 rings (SSSR count). The molecule has 0 spiro atoms. The first kappa shape index (κ1) is 25.8. The summed E-state index contributed by atoms with van der Waals surface area (Å²) in [7, 11) is 1.65. The minimum Gasteiger partial charge on any atom is -0.493 e. The molecule has 1 atom stereocenters. The number of nitrogens with zero attached hydrogens (tertiary/aromatic N) is 2. The highest BCUT2D eigenvalue weighted by molar-refractivity contribution is 14.0. The molecule has 1 heterocycles. The van der Waals surface area contributed by atoms with Crippen LogP contribution < -0.4 is 20.1 Å². The Morgan fingerprint density at radius 2 is 1.93 bits per heavy atom. The third kappa shape index (κ3) is 8.18. The van der Waals surface area contributed by atoms with Crippen molar-refractivity contribution in [3.8, 4) is 11.5 Å². The smallest absolute Gasteiger partial charge is 0.195 e. The number of aliphatic imine (C=N–C) groups is 1. The predicted molar refractivity (Wildman–Crippen MR) is 130 cm³/mol. The third-order valence-corrected chi connectivity index (χ3v) is 4.79. The van der Waals surface area contributed by atoms with Gasteiger partial charge in [-0.05, 0) is 31.9 Å². The maximum Gasteiger partial charge on any atom is 0.195 e. The van der Waals surface area contributed by atoms with Crippen molar-refractivity contribution in [2.24, 2.45) is 10.9 Å². The minimum absolute atomic E-state index is 0. The molecule has 166 valence electrons. The van der Waals surface area contributed by atoms with Gasteiger partial charge >= 0.3 is 0 Å². The zero-order valence-corrected chi connectivity index (χ0v) is 20.7. The molecule has 1 fully saturated rings. The molecule has 1 aliphatic rings. The Morgan fingerprint density at radius 1 is 1.21 bits per heavy atom. The number of nitrogens with one attached hydrogen (secondary N) is 2. The Hall–Kier alpha value is -1.26. The van der Waals surface area contributed by atoms with Crippen LogP contribution in [-0.4, -0.2) is 70.0 Å². The van der Waals surface area contributed by atoms with Gasteiger partial charge in [0.1, 0.15) is 0 Å². The second-order valence-electron chi connectivity index (χ2n) is 7.10. The van der Waals surface area contributed by atoms with Gasteiger partial charge in [-0.15, -0.1) is 24.0 Å². The van der Waals surface area contributed by atoms with Crippen LogP contribution in [0.2, 0.25) is 0 Å². The molecule has 0 saturated carbocycles. The van der Waals surface area contributed by atoms with Gasteiger partial charge in [0, 0.05) is 37.4 Å². The maximum absolute atomic E-state index is 5.59. The van der Waals surface area contributed by atoms with Crippen molar-refractivity contribution in [3.63, 3.8) is 0 Å². The number of ether oxygens (including phenoxy) is 3. The van der Waals surface area contributed by atoms with E-state index in [-0.39, 0.29) is 24.0 Å². The molecule has 29 heavy (non-hydrogen) atoms. The lowest BCUT2D eigenvalue weighted by molar-refractivity contribution is 0.00869. The molecule has 0 aliphatic carbocycles. The van der Waals surface area contributed by atoms with E-state index in [4.69, 9.17) is 19.2 Å². The molecular weight excluding hydrogens is 483 g/mol. The highest BCUT2D eigenvalue weighted by atomic mass is 127. The predicted octanol–water partition coefficient (Wildman–Crippen LogP) is 3.45. The Morgan fingerprint density at radius 3 is 2.52 bits per heavy atom. The molecule has 1 saturated heterocycles. The molecule has 1 aromatic carbocycles. The van der Waals surface area contributed by atoms with Crippen molar-refractivity contribution in [2.75, 3.05) is 58.4 Å². The summed E-state index contributed by atoms with van der Waals surface area (Å²) in [4.78, 5) is 7.35. The number of guanidine groups is 1. The van der Waals surface area contributed by atoms with Crippen molar-refractivity contribution in [1.29, 1.82) is 0 Å². The molecule has 0 amide bonds. The summed E-state index contributed by atoms with van der Waals surface area (Å²) in [5, 5.41) is 6.71. The number of halogens is 1. The van der Waals surface area contributed by atoms with Crippen molar-refractivity contribution in [3.05, 3.63) is 18.2 Å². The number of anilines is 1. The van der Waals surface area contributed by atoms with E-state index in [0.717, 1.165) is 56.8 Å². The van der Waals surface area contributed by atoms with Gasteiger partial charge in [-0.25, -0.2) is 0 Å². The van der Waals surface area contributed by atoms with E-state index >= 15 is 0 Å². The van der Waals surface area contributed by atoms with E-state index in [2.05, 4.69) is 36.3 Å². The number of benzene rings is 1. The third-order valence-electron chi connectivity index (χ3n) is 4.79. The van der Waals surface area contributed by atoms with E-state index < -0.39 is 0 Å². The van der Waals surface area contributed by atoms with Crippen LogP contribution in [0.25, 0.3) is 0 Å². The van der Waals surface area contributed by atoms with Crippen molar-refractivity contribution in [2.45, 2.75) is 33.7 Å². The van der Waals surface area contributed by atoms with Gasteiger partial charge in [-0.3, -0.25) is 9.89 Å². The normalized spacial score (nSPS) is 16.1. The van der Waals surface area contributed by atoms with Gasteiger partial charge < -0.3 is 24.8 Å². The SMILES string of the molecule is CCNC(=NCC(C(C)C)N1CCOCC1)Nc1ccc(OCC)c(OC)c1.I. The summed E-state index contributed by atoms with van der Waals surface area (Å²) in [6.45, 7) is 14.2. The van der Waals surface area contributed by atoms with Crippen LogP contribution in [0.1, 0.15) is 27.7 Å². The monoisotopic (exact) mass is 520 g/mol. The second kappa shape index (κ2) is 13.9. The summed E-state index contributed by atoms with van der Waals surface area (Å²) in [6, 6.07) is 6.22. The van der Waals surface area contributed by atoms with E-state index in [9.17, 15) is 0 Å². The van der Waals surface area contributed by atoms with Gasteiger partial charge in [0.05, 0.1) is 33.5 Å². The lowest BCUT2D eigenvalue weighted by Gasteiger charge is -2.36. The van der Waals surface area contributed by atoms with Gasteiger partial charge in [0.15, 0.2) is 17.5 Å². The van der Waals surface area contributed by atoms with Crippen molar-refractivity contribution >= 4 is 35.6 Å². The molecule has 0 aromatic heterocycles. The molecule has 0 bridgehead atoms. The lowest BCUT2D eigenvalue weighted by Crippen LogP contribution is -2.48. The van der Waals surface area contributed by atoms with E-state index in [0.29, 0.717) is 24.3 Å². The first-order chi connectivity index (χ1) is 13.6. The van der Waals surface area contributed by atoms with E-state index in [1.807, 2.05) is 25.1 Å². The fourth-order valence-electron chi connectivity index (χ4n) is 3.31. The Bertz CT molecular complexity index is 622. The molecule has 7 nitrogen and oxygen atoms in total. The number of morpholine rings is 1. The van der Waals surface area contributed by atoms with E-state index in [1.54, 1.807) is 7.11 Å². The first-order valence-corrected chi connectivity index (χ1v) is 10.3. The number of methoxy groups -OCH3 is 1. The number of hydrogen-bond donors (Lipinski definition) is 2. The highest BCUT2D eigenvalue weighted by Gasteiger charge is 2.23. The zero-order chi connectivity index (χ0) is 20.4. The molecule has 0 radical (unpaired) electrons. The quantitative estimate of drug-likeness (QED) is 0.296. The van der Waals surface area contributed by atoms with Crippen LogP contribution in [-0.2, 0) is 4.74 Å². The van der Waals surface area contributed by atoms with Crippen molar-refractivity contribution < 1.29 is 14.2 Å². The van der Waals surface area contributed by atoms with Crippen LogP contribution in [0.4, 0.5) is 5.69 Å². The maximum atomic E-state index is 5.59. The summed E-state index contributed by atoms with van der Waals surface area (Å²) in [5.41, 5.74) is 0.910. The zero-order valence-electron chi connectivity index (χ0n) is 18.4. The van der Waals surface area contributed by atoms with Crippen LogP contribution in [0, 0.1) is 5.92 Å². The average Bonchev–Trinajstić information content (AvgIpc) is 2.70. The molecule has 1 unspecified atom stereocenters. The largest absolute Gasteiger partial charge is 0.493 e. The highest BCUT2D eigenvalue weighted by Crippen LogP contribution is 2.30. The van der Waals surface area contributed by atoms with Crippen LogP contribution in [0.3, 0.4) is 0 Å². The van der Waals surface area contributed by atoms with Gasteiger partial charge in [-0.1, -0.05) is 13.8 Å². The molecule has 1 aromatic rings. The topological polar surface area (TPSA) is 67.4 Å². The summed E-state index contributed by atoms with van der Waals surface area (Å²) in [6.07, 6.45) is 0. The van der Waals surface area contributed by atoms with Gasteiger partial charge in [0.25, 0.3) is 0 Å². The Labute approximate surface area is 192 Å². The number of hydrogen-bond acceptors (Lipinski definition) is 5. The first-order valence-electron chi connectivity index (χ1n) is 10.3. The van der Waals surface area contributed by atoms with Crippen LogP contribution >= 0.6 is 24.0 Å². The summed E-state index contributed by atoms with van der Waals surface area (Å²) in [5.74, 6) is 2.74. The van der Waals surface area contributed by atoms with Crippen LogP contribution in [0.15, 0.2) is 23.2 Å². The average molecular weight is 520 g/mol. The summed E-state index contributed by atoms with van der Waals surface area (Å²) < 4.78 is 16.5. The Balaban J connectivity index is 0.00000420. The van der Waals surface area contributed by atoms with Gasteiger partial charge in [0.2, 0.25) is 0 Å². The second-order valence-corrected chi connectivity index (χ2v) is 7.10. The van der Waals surface area contributed by atoms with E-state index in [1.165, 1.54) is 0 Å². The van der Waals surface area contributed by atoms with Crippen LogP contribution in [0.5, 0.6) is 11.5 Å². The molecule has 8 heteroatoms. The summed E-state index contributed by atoms with van der Waals surface area (Å²) >= 11 is 0. The fourth-order valence-corrected chi connectivity index (χ4v) is 3.31.